The lowest BCUT2D eigenvalue weighted by Crippen LogP contribution is -2.45. The molecule has 2 heterocycles. The van der Waals surface area contributed by atoms with Gasteiger partial charge in [0.05, 0.1) is 19.2 Å². The summed E-state index contributed by atoms with van der Waals surface area (Å²) in [5, 5.41) is 4.92. The van der Waals surface area contributed by atoms with E-state index in [2.05, 4.69) is 33.8 Å². The third kappa shape index (κ3) is 7.39. The zero-order chi connectivity index (χ0) is 26.6. The standard InChI is InChI=1S/C25H25Cl2F3N4O2/c1-23(2,3)10-5-4-6-12-33(22(35)25(28,29)30)14-19-9-11-24(36-19,15-34-17-31-16-32-34)20-8-7-18(26)13-21(20)27/h7-8,13,16-17,19H,9,11-12,14-15H2,1-3H3/t19-,24+/m1/s1. The van der Waals surface area contributed by atoms with Gasteiger partial charge >= 0.3 is 12.1 Å². The molecule has 1 saturated heterocycles. The van der Waals surface area contributed by atoms with E-state index in [1.54, 1.807) is 22.9 Å². The molecule has 1 aliphatic heterocycles. The molecule has 0 bridgehead atoms. The molecule has 0 saturated carbocycles. The molecule has 192 valence electrons. The lowest BCUT2D eigenvalue weighted by molar-refractivity contribution is -0.186. The van der Waals surface area contributed by atoms with Crippen molar-refractivity contribution < 1.29 is 22.7 Å². The Balaban J connectivity index is 1.84. The third-order valence-corrected chi connectivity index (χ3v) is 5.93. The second-order valence-corrected chi connectivity index (χ2v) is 10.3. The van der Waals surface area contributed by atoms with Crippen LogP contribution >= 0.6 is 23.2 Å². The molecule has 11 heteroatoms. The Labute approximate surface area is 218 Å². The number of rotatable bonds is 6. The lowest BCUT2D eigenvalue weighted by Gasteiger charge is -2.32. The molecule has 36 heavy (non-hydrogen) atoms. The molecule has 6 nitrogen and oxygen atoms in total. The van der Waals surface area contributed by atoms with Crippen LogP contribution in [-0.2, 0) is 21.7 Å². The first-order chi connectivity index (χ1) is 16.8. The van der Waals surface area contributed by atoms with Gasteiger partial charge < -0.3 is 9.64 Å². The molecule has 0 N–H and O–H groups in total. The molecule has 0 spiro atoms. The van der Waals surface area contributed by atoms with Crippen LogP contribution in [0.3, 0.4) is 0 Å². The summed E-state index contributed by atoms with van der Waals surface area (Å²) >= 11 is 12.5. The van der Waals surface area contributed by atoms with Gasteiger partial charge in [-0.3, -0.25) is 4.79 Å². The number of aromatic nitrogens is 3. The molecule has 0 radical (unpaired) electrons. The number of nitrogens with zero attached hydrogens (tertiary/aromatic N) is 4. The van der Waals surface area contributed by atoms with Crippen LogP contribution in [0.15, 0.2) is 30.9 Å². The average molecular weight is 541 g/mol. The van der Waals surface area contributed by atoms with E-state index in [1.807, 2.05) is 20.8 Å². The first-order valence-corrected chi connectivity index (χ1v) is 11.9. The van der Waals surface area contributed by atoms with Crippen LogP contribution in [0.1, 0.15) is 39.2 Å². The van der Waals surface area contributed by atoms with Crippen LogP contribution in [0.5, 0.6) is 0 Å². The van der Waals surface area contributed by atoms with E-state index in [0.717, 1.165) is 0 Å². The van der Waals surface area contributed by atoms with Crippen LogP contribution < -0.4 is 0 Å². The highest BCUT2D eigenvalue weighted by atomic mass is 35.5. The van der Waals surface area contributed by atoms with Gasteiger partial charge in [0.15, 0.2) is 0 Å². The van der Waals surface area contributed by atoms with Gasteiger partial charge in [0.1, 0.15) is 18.3 Å². The van der Waals surface area contributed by atoms with Gasteiger partial charge in [-0.05, 0) is 57.6 Å². The van der Waals surface area contributed by atoms with Gasteiger partial charge in [0.2, 0.25) is 0 Å². The van der Waals surface area contributed by atoms with Gasteiger partial charge in [-0.1, -0.05) is 41.1 Å². The smallest absolute Gasteiger partial charge is 0.363 e. The second-order valence-electron chi connectivity index (χ2n) is 9.48. The number of alkyl halides is 3. The molecule has 1 aliphatic rings. The summed E-state index contributed by atoms with van der Waals surface area (Å²) in [7, 11) is 0. The predicted octanol–water partition coefficient (Wildman–Crippen LogP) is 5.10. The monoisotopic (exact) mass is 540 g/mol. The van der Waals surface area contributed by atoms with E-state index in [1.165, 1.54) is 12.7 Å². The maximum Gasteiger partial charge on any atom is 0.471 e. The first kappa shape index (κ1) is 27.9. The van der Waals surface area contributed by atoms with Crippen molar-refractivity contribution in [1.82, 2.24) is 19.7 Å². The third-order valence-electron chi connectivity index (χ3n) is 5.38. The van der Waals surface area contributed by atoms with Gasteiger partial charge in [-0.25, -0.2) is 9.67 Å². The molecule has 1 aromatic carbocycles. The van der Waals surface area contributed by atoms with E-state index in [0.29, 0.717) is 33.4 Å². The molecule has 3 rings (SSSR count). The van der Waals surface area contributed by atoms with Gasteiger partial charge in [0.25, 0.3) is 0 Å². The van der Waals surface area contributed by atoms with Gasteiger partial charge in [-0.2, -0.15) is 18.3 Å². The van der Waals surface area contributed by atoms with E-state index in [9.17, 15) is 18.0 Å². The van der Waals surface area contributed by atoms with E-state index in [-0.39, 0.29) is 18.5 Å². The van der Waals surface area contributed by atoms with Crippen molar-refractivity contribution >= 4 is 29.1 Å². The molecule has 0 aliphatic carbocycles. The summed E-state index contributed by atoms with van der Waals surface area (Å²) in [6.07, 6.45) is -2.06. The van der Waals surface area contributed by atoms with Crippen LogP contribution in [0, 0.1) is 29.1 Å². The Hall–Kier alpha value is -2.72. The fraction of sp³-hybridized carbons (Fsp3) is 0.480. The maximum absolute atomic E-state index is 13.3. The minimum atomic E-state index is -5.05. The van der Waals surface area contributed by atoms with Crippen molar-refractivity contribution in [3.63, 3.8) is 0 Å². The number of carbonyl (C=O) groups is 1. The zero-order valence-corrected chi connectivity index (χ0v) is 21.5. The number of amides is 1. The van der Waals surface area contributed by atoms with E-state index in [4.69, 9.17) is 27.9 Å². The summed E-state index contributed by atoms with van der Waals surface area (Å²) in [6.45, 7) is 5.14. The van der Waals surface area contributed by atoms with Crippen LogP contribution in [0.2, 0.25) is 10.0 Å². The molecular weight excluding hydrogens is 516 g/mol. The van der Waals surface area contributed by atoms with Crippen molar-refractivity contribution in [3.8, 4) is 23.7 Å². The van der Waals surface area contributed by atoms with Crippen LogP contribution in [0.25, 0.3) is 0 Å². The Morgan fingerprint density at radius 3 is 2.64 bits per heavy atom. The molecule has 2 aromatic rings. The molecule has 0 unspecified atom stereocenters. The summed E-state index contributed by atoms with van der Waals surface area (Å²) in [4.78, 5) is 16.7. The Morgan fingerprint density at radius 1 is 1.28 bits per heavy atom. The molecular formula is C25H25Cl2F3N4O2. The molecule has 1 fully saturated rings. The Bertz CT molecular complexity index is 1200. The minimum absolute atomic E-state index is 0.222. The lowest BCUT2D eigenvalue weighted by atomic mass is 9.90. The SMILES string of the molecule is CC(C)(C)C#CC#CCN(C[C@H]1CC[C@](Cn2cncn2)(c2ccc(Cl)cc2Cl)O1)C(=O)C(F)(F)F. The van der Waals surface area contributed by atoms with E-state index < -0.39 is 30.3 Å². The van der Waals surface area contributed by atoms with Crippen molar-refractivity contribution in [2.45, 2.75) is 58.0 Å². The normalized spacial score (nSPS) is 19.7. The summed E-state index contributed by atoms with van der Waals surface area (Å²) < 4.78 is 47.8. The number of hydrogen-bond donors (Lipinski definition) is 0. The maximum atomic E-state index is 13.3. The quantitative estimate of drug-likeness (QED) is 0.478. The van der Waals surface area contributed by atoms with Crippen LogP contribution in [0.4, 0.5) is 13.2 Å². The number of halogens is 5. The molecule has 1 aromatic heterocycles. The summed E-state index contributed by atoms with van der Waals surface area (Å²) in [5.41, 5.74) is -0.682. The number of ether oxygens (including phenoxy) is 1. The van der Waals surface area contributed by atoms with Crippen LogP contribution in [-0.4, -0.2) is 50.9 Å². The fourth-order valence-corrected chi connectivity index (χ4v) is 4.42. The topological polar surface area (TPSA) is 60.3 Å². The number of benzene rings is 1. The van der Waals surface area contributed by atoms with E-state index >= 15 is 0 Å². The van der Waals surface area contributed by atoms with Crippen molar-refractivity contribution in [2.24, 2.45) is 5.41 Å². The summed E-state index contributed by atoms with van der Waals surface area (Å²) in [6, 6.07) is 4.96. The average Bonchev–Trinajstić information content (AvgIpc) is 3.41. The Morgan fingerprint density at radius 2 is 2.03 bits per heavy atom. The highest BCUT2D eigenvalue weighted by molar-refractivity contribution is 6.35. The molecule has 1 amide bonds. The van der Waals surface area contributed by atoms with Gasteiger partial charge in [-0.15, -0.1) is 0 Å². The predicted molar refractivity (Wildman–Crippen MR) is 130 cm³/mol. The van der Waals surface area contributed by atoms with Crippen molar-refractivity contribution in [1.29, 1.82) is 0 Å². The van der Waals surface area contributed by atoms with Gasteiger partial charge in [0, 0.05) is 27.6 Å². The minimum Gasteiger partial charge on any atom is -0.363 e. The number of hydrogen-bond acceptors (Lipinski definition) is 4. The first-order valence-electron chi connectivity index (χ1n) is 11.1. The van der Waals surface area contributed by atoms with Crippen molar-refractivity contribution in [2.75, 3.05) is 13.1 Å². The highest BCUT2D eigenvalue weighted by Crippen LogP contribution is 2.44. The summed E-state index contributed by atoms with van der Waals surface area (Å²) in [5.74, 6) is 8.60. The number of carbonyl (C=O) groups excluding carboxylic acids is 1. The largest absolute Gasteiger partial charge is 0.471 e. The Kier molecular flexibility index (Phi) is 8.61. The zero-order valence-electron chi connectivity index (χ0n) is 20.0. The van der Waals surface area contributed by atoms with Crippen molar-refractivity contribution in [3.05, 3.63) is 46.5 Å². The highest BCUT2D eigenvalue weighted by Gasteiger charge is 2.47. The second kappa shape index (κ2) is 11.1. The fourth-order valence-electron chi connectivity index (χ4n) is 3.84. The molecule has 2 atom stereocenters.